The molecule has 0 aliphatic heterocycles. The maximum absolute atomic E-state index is 12.6. The summed E-state index contributed by atoms with van der Waals surface area (Å²) in [6, 6.07) is 0.0149. The van der Waals surface area contributed by atoms with Crippen molar-refractivity contribution in [1.82, 2.24) is 15.0 Å². The van der Waals surface area contributed by atoms with Crippen LogP contribution in [0.15, 0.2) is 6.20 Å². The molecule has 1 heterocycles. The average Bonchev–Trinajstić information content (AvgIpc) is 2.30. The van der Waals surface area contributed by atoms with E-state index in [1.54, 1.807) is 0 Å². The summed E-state index contributed by atoms with van der Waals surface area (Å²) in [5.41, 5.74) is -0.281. The van der Waals surface area contributed by atoms with Crippen molar-refractivity contribution >= 4 is 0 Å². The molecule has 5 heteroatoms. The van der Waals surface area contributed by atoms with E-state index in [0.29, 0.717) is 0 Å². The third-order valence-electron chi connectivity index (χ3n) is 1.42. The van der Waals surface area contributed by atoms with Gasteiger partial charge in [0.1, 0.15) is 0 Å². The molecule has 0 saturated heterocycles. The predicted octanol–water partition coefficient (Wildman–Crippen LogP) is 1.97. The van der Waals surface area contributed by atoms with E-state index in [4.69, 9.17) is 0 Å². The first-order valence-electron chi connectivity index (χ1n) is 3.71. The summed E-state index contributed by atoms with van der Waals surface area (Å²) in [6.45, 7) is 4.47. The molecule has 12 heavy (non-hydrogen) atoms. The van der Waals surface area contributed by atoms with Crippen LogP contribution in [0.5, 0.6) is 0 Å². The molecule has 3 nitrogen and oxygen atoms in total. The number of nitrogens with zero attached hydrogens (tertiary/aromatic N) is 3. The minimum Gasteiger partial charge on any atom is -0.200 e. The number of alkyl halides is 2. The van der Waals surface area contributed by atoms with Gasteiger partial charge < -0.3 is 0 Å². The molecule has 0 fully saturated rings. The van der Waals surface area contributed by atoms with E-state index in [0.717, 1.165) is 13.1 Å². The summed E-state index contributed by atoms with van der Waals surface area (Å²) in [4.78, 5) is 1.27. The van der Waals surface area contributed by atoms with Gasteiger partial charge >= 0.3 is 0 Å². The van der Waals surface area contributed by atoms with Crippen molar-refractivity contribution in [2.75, 3.05) is 0 Å². The van der Waals surface area contributed by atoms with Crippen molar-refractivity contribution < 1.29 is 8.78 Å². The van der Waals surface area contributed by atoms with Gasteiger partial charge in [-0.2, -0.15) is 23.8 Å². The van der Waals surface area contributed by atoms with Crippen molar-refractivity contribution in [1.29, 1.82) is 0 Å². The van der Waals surface area contributed by atoms with Crippen molar-refractivity contribution in [3.05, 3.63) is 11.9 Å². The third-order valence-corrected chi connectivity index (χ3v) is 1.42. The number of hydrogen-bond donors (Lipinski definition) is 0. The topological polar surface area (TPSA) is 30.7 Å². The Morgan fingerprint density at radius 3 is 2.33 bits per heavy atom. The monoisotopic (exact) mass is 175 g/mol. The van der Waals surface area contributed by atoms with Crippen LogP contribution in [0.1, 0.15) is 32.5 Å². The fourth-order valence-electron chi connectivity index (χ4n) is 0.726. The van der Waals surface area contributed by atoms with Crippen molar-refractivity contribution in [2.45, 2.75) is 32.7 Å². The highest BCUT2D eigenvalue weighted by Crippen LogP contribution is 2.24. The standard InChI is InChI=1S/C7H11F2N3/c1-5(2)12-10-4-6(11-12)7(3,8)9/h4-5H,1-3H3. The van der Waals surface area contributed by atoms with E-state index >= 15 is 0 Å². The summed E-state index contributed by atoms with van der Waals surface area (Å²) in [7, 11) is 0. The molecule has 0 spiro atoms. The quantitative estimate of drug-likeness (QED) is 0.688. The Morgan fingerprint density at radius 2 is 2.08 bits per heavy atom. The van der Waals surface area contributed by atoms with Gasteiger partial charge in [0.05, 0.1) is 12.2 Å². The van der Waals surface area contributed by atoms with Gasteiger partial charge in [0.15, 0.2) is 5.69 Å². The van der Waals surface area contributed by atoms with Gasteiger partial charge in [-0.3, -0.25) is 0 Å². The van der Waals surface area contributed by atoms with Gasteiger partial charge in [0.25, 0.3) is 5.92 Å². The second-order valence-electron chi connectivity index (χ2n) is 3.03. The van der Waals surface area contributed by atoms with E-state index in [1.165, 1.54) is 4.80 Å². The highest BCUT2D eigenvalue weighted by Gasteiger charge is 2.28. The van der Waals surface area contributed by atoms with Gasteiger partial charge in [-0.05, 0) is 13.8 Å². The maximum Gasteiger partial charge on any atom is 0.290 e. The largest absolute Gasteiger partial charge is 0.290 e. The van der Waals surface area contributed by atoms with Crippen LogP contribution in [0.4, 0.5) is 8.78 Å². The molecule has 1 aromatic heterocycles. The van der Waals surface area contributed by atoms with Gasteiger partial charge in [-0.15, -0.1) is 0 Å². The fourth-order valence-corrected chi connectivity index (χ4v) is 0.726. The zero-order valence-electron chi connectivity index (χ0n) is 7.25. The normalized spacial score (nSPS) is 12.5. The number of rotatable bonds is 2. The molecule has 0 aliphatic rings. The first-order chi connectivity index (χ1) is 5.41. The Balaban J connectivity index is 2.92. The number of halogens is 2. The van der Waals surface area contributed by atoms with E-state index in [1.807, 2.05) is 13.8 Å². The van der Waals surface area contributed by atoms with Crippen LogP contribution in [0.2, 0.25) is 0 Å². The lowest BCUT2D eigenvalue weighted by Gasteiger charge is -2.05. The van der Waals surface area contributed by atoms with Crippen LogP contribution in [-0.2, 0) is 5.92 Å². The summed E-state index contributed by atoms with van der Waals surface area (Å²) in [5.74, 6) is -2.90. The molecule has 0 radical (unpaired) electrons. The van der Waals surface area contributed by atoms with Gasteiger partial charge in [0.2, 0.25) is 0 Å². The lowest BCUT2D eigenvalue weighted by atomic mass is 10.3. The lowest BCUT2D eigenvalue weighted by Crippen LogP contribution is -2.10. The average molecular weight is 175 g/mol. The van der Waals surface area contributed by atoms with Crippen LogP contribution in [0.3, 0.4) is 0 Å². The molecule has 0 unspecified atom stereocenters. The molecule has 1 aromatic rings. The van der Waals surface area contributed by atoms with Gasteiger partial charge in [-0.25, -0.2) is 0 Å². The smallest absolute Gasteiger partial charge is 0.200 e. The molecule has 0 N–H and O–H groups in total. The Kier molecular flexibility index (Phi) is 2.12. The Labute approximate surface area is 69.4 Å². The first kappa shape index (κ1) is 9.09. The van der Waals surface area contributed by atoms with Crippen LogP contribution in [0.25, 0.3) is 0 Å². The molecule has 0 saturated carbocycles. The highest BCUT2D eigenvalue weighted by atomic mass is 19.3. The second-order valence-corrected chi connectivity index (χ2v) is 3.03. The van der Waals surface area contributed by atoms with E-state index < -0.39 is 5.92 Å². The van der Waals surface area contributed by atoms with Crippen molar-refractivity contribution in [3.8, 4) is 0 Å². The van der Waals surface area contributed by atoms with E-state index in [9.17, 15) is 8.78 Å². The summed E-state index contributed by atoms with van der Waals surface area (Å²) >= 11 is 0. The molecule has 1 rings (SSSR count). The predicted molar refractivity (Wildman–Crippen MR) is 40.0 cm³/mol. The summed E-state index contributed by atoms with van der Waals surface area (Å²) in [5, 5.41) is 7.34. The first-order valence-corrected chi connectivity index (χ1v) is 3.71. The highest BCUT2D eigenvalue weighted by molar-refractivity contribution is 4.99. The summed E-state index contributed by atoms with van der Waals surface area (Å²) < 4.78 is 25.2. The van der Waals surface area contributed by atoms with Gasteiger partial charge in [0, 0.05) is 6.92 Å². The zero-order chi connectivity index (χ0) is 9.35. The zero-order valence-corrected chi connectivity index (χ0v) is 7.25. The van der Waals surface area contributed by atoms with Crippen LogP contribution < -0.4 is 0 Å². The molecular formula is C7H11F2N3. The molecule has 0 aliphatic carbocycles. The van der Waals surface area contributed by atoms with Crippen molar-refractivity contribution in [3.63, 3.8) is 0 Å². The third kappa shape index (κ3) is 1.78. The second kappa shape index (κ2) is 2.80. The summed E-state index contributed by atoms with van der Waals surface area (Å²) in [6.07, 6.45) is 1.10. The molecule has 68 valence electrons. The molecular weight excluding hydrogens is 164 g/mol. The SMILES string of the molecule is CC(C)n1ncc(C(C)(F)F)n1. The maximum atomic E-state index is 12.6. The Morgan fingerprint density at radius 1 is 1.50 bits per heavy atom. The minimum absolute atomic E-state index is 0.0149. The van der Waals surface area contributed by atoms with Crippen LogP contribution >= 0.6 is 0 Å². The van der Waals surface area contributed by atoms with Gasteiger partial charge in [-0.1, -0.05) is 0 Å². The van der Waals surface area contributed by atoms with Crippen molar-refractivity contribution in [2.24, 2.45) is 0 Å². The van der Waals surface area contributed by atoms with E-state index in [-0.39, 0.29) is 11.7 Å². The lowest BCUT2D eigenvalue weighted by molar-refractivity contribution is 0.0120. The minimum atomic E-state index is -2.90. The fraction of sp³-hybridized carbons (Fsp3) is 0.714. The van der Waals surface area contributed by atoms with E-state index in [2.05, 4.69) is 10.2 Å². The Hall–Kier alpha value is -1.00. The Bertz CT molecular complexity index is 262. The number of aromatic nitrogens is 3. The number of hydrogen-bond acceptors (Lipinski definition) is 2. The molecule has 0 aromatic carbocycles. The van der Waals surface area contributed by atoms with Crippen LogP contribution in [0, 0.1) is 0 Å². The van der Waals surface area contributed by atoms with Crippen LogP contribution in [-0.4, -0.2) is 15.0 Å². The molecule has 0 bridgehead atoms. The molecule has 0 atom stereocenters. The molecule has 0 amide bonds.